The van der Waals surface area contributed by atoms with Crippen LogP contribution in [0.4, 0.5) is 0 Å². The summed E-state index contributed by atoms with van der Waals surface area (Å²) < 4.78 is 0. The first kappa shape index (κ1) is 12.0. The Morgan fingerprint density at radius 1 is 1.08 bits per heavy atom. The van der Waals surface area contributed by atoms with Crippen LogP contribution in [-0.2, 0) is 4.79 Å². The third kappa shape index (κ3) is 5.64. The fourth-order valence-corrected chi connectivity index (χ4v) is 1.50. The predicted molar refractivity (Wildman–Crippen MR) is 56.4 cm³/mol. The van der Waals surface area contributed by atoms with Crippen LogP contribution in [0.3, 0.4) is 0 Å². The van der Waals surface area contributed by atoms with Crippen LogP contribution < -0.4 is 0 Å². The molecule has 12 heavy (non-hydrogen) atoms. The van der Waals surface area contributed by atoms with Gasteiger partial charge in [-0.15, -0.1) is 0 Å². The minimum absolute atomic E-state index is 0.198. The molecule has 0 rings (SSSR count). The average molecular weight is 188 g/mol. The van der Waals surface area contributed by atoms with E-state index in [2.05, 4.69) is 20.8 Å². The zero-order valence-electron chi connectivity index (χ0n) is 9.02. The highest BCUT2D eigenvalue weighted by atomic mass is 32.2. The van der Waals surface area contributed by atoms with Crippen molar-refractivity contribution in [2.75, 3.05) is 5.75 Å². The molecule has 0 saturated heterocycles. The van der Waals surface area contributed by atoms with Crippen molar-refractivity contribution >= 4 is 16.9 Å². The molecule has 0 aliphatic rings. The van der Waals surface area contributed by atoms with E-state index >= 15 is 0 Å². The molecular weight excluding hydrogens is 168 g/mol. The largest absolute Gasteiger partial charge is 0.287 e. The molecule has 72 valence electrons. The topological polar surface area (TPSA) is 17.1 Å². The predicted octanol–water partition coefficient (Wildman–Crippen LogP) is 3.34. The third-order valence-electron chi connectivity index (χ3n) is 1.25. The van der Waals surface area contributed by atoms with Crippen LogP contribution in [-0.4, -0.2) is 10.9 Å². The maximum absolute atomic E-state index is 11.5. The van der Waals surface area contributed by atoms with E-state index < -0.39 is 0 Å². The van der Waals surface area contributed by atoms with Crippen LogP contribution in [0.25, 0.3) is 0 Å². The molecule has 0 aliphatic carbocycles. The molecule has 0 spiro atoms. The summed E-state index contributed by atoms with van der Waals surface area (Å²) in [6.07, 6.45) is 0. The zero-order chi connectivity index (χ0) is 9.99. The van der Waals surface area contributed by atoms with Gasteiger partial charge in [0.25, 0.3) is 0 Å². The van der Waals surface area contributed by atoms with Gasteiger partial charge in [0.05, 0.1) is 0 Å². The Morgan fingerprint density at radius 3 is 1.75 bits per heavy atom. The molecule has 0 bridgehead atoms. The van der Waals surface area contributed by atoms with Crippen LogP contribution >= 0.6 is 11.8 Å². The second kappa shape index (κ2) is 3.82. The van der Waals surface area contributed by atoms with Crippen molar-refractivity contribution in [3.8, 4) is 0 Å². The van der Waals surface area contributed by atoms with Crippen LogP contribution in [0, 0.1) is 10.8 Å². The Labute approximate surface area is 80.3 Å². The fourth-order valence-electron chi connectivity index (χ4n) is 0.499. The van der Waals surface area contributed by atoms with Crippen LogP contribution in [0.5, 0.6) is 0 Å². The fraction of sp³-hybridized carbons (Fsp3) is 0.900. The van der Waals surface area contributed by atoms with Gasteiger partial charge >= 0.3 is 0 Å². The van der Waals surface area contributed by atoms with Gasteiger partial charge < -0.3 is 0 Å². The second-order valence-corrected chi connectivity index (χ2v) is 6.33. The first-order chi connectivity index (χ1) is 5.13. The monoisotopic (exact) mass is 188 g/mol. The van der Waals surface area contributed by atoms with E-state index in [-0.39, 0.29) is 15.9 Å². The summed E-state index contributed by atoms with van der Waals surface area (Å²) in [6.45, 7) is 12.3. The van der Waals surface area contributed by atoms with Crippen molar-refractivity contribution in [1.82, 2.24) is 0 Å². The molecule has 2 heteroatoms. The van der Waals surface area contributed by atoms with Crippen LogP contribution in [0.2, 0.25) is 0 Å². The van der Waals surface area contributed by atoms with E-state index in [9.17, 15) is 4.79 Å². The molecule has 1 nitrogen and oxygen atoms in total. The van der Waals surface area contributed by atoms with Gasteiger partial charge in [0.15, 0.2) is 5.12 Å². The highest BCUT2D eigenvalue weighted by Crippen LogP contribution is 2.28. The number of rotatable bonds is 1. The number of carbonyl (C=O) groups is 1. The van der Waals surface area contributed by atoms with Crippen LogP contribution in [0.1, 0.15) is 41.5 Å². The molecule has 0 unspecified atom stereocenters. The molecule has 0 fully saturated rings. The van der Waals surface area contributed by atoms with Crippen molar-refractivity contribution in [3.05, 3.63) is 0 Å². The maximum Gasteiger partial charge on any atom is 0.194 e. The van der Waals surface area contributed by atoms with Crippen molar-refractivity contribution in [3.63, 3.8) is 0 Å². The molecular formula is C10H20OS. The Kier molecular flexibility index (Phi) is 3.83. The van der Waals surface area contributed by atoms with Crippen molar-refractivity contribution in [1.29, 1.82) is 0 Å². The molecule has 0 aromatic carbocycles. The summed E-state index contributed by atoms with van der Waals surface area (Å²) in [4.78, 5) is 11.5. The van der Waals surface area contributed by atoms with Gasteiger partial charge in [-0.3, -0.25) is 4.79 Å². The lowest BCUT2D eigenvalue weighted by Gasteiger charge is -2.20. The van der Waals surface area contributed by atoms with Crippen LogP contribution in [0.15, 0.2) is 0 Å². The number of carbonyl (C=O) groups excluding carboxylic acids is 1. The van der Waals surface area contributed by atoms with Gasteiger partial charge in [-0.1, -0.05) is 53.3 Å². The zero-order valence-corrected chi connectivity index (χ0v) is 9.84. The number of hydrogen-bond donors (Lipinski definition) is 0. The van der Waals surface area contributed by atoms with Gasteiger partial charge in [0.2, 0.25) is 0 Å². The smallest absolute Gasteiger partial charge is 0.194 e. The normalized spacial score (nSPS) is 13.2. The number of thioether (sulfide) groups is 1. The Bertz CT molecular complexity index is 160. The lowest BCUT2D eigenvalue weighted by molar-refractivity contribution is -0.117. The maximum atomic E-state index is 11.5. The van der Waals surface area contributed by atoms with Gasteiger partial charge in [0.1, 0.15) is 0 Å². The molecule has 0 saturated carbocycles. The van der Waals surface area contributed by atoms with E-state index in [0.717, 1.165) is 5.75 Å². The van der Waals surface area contributed by atoms with Gasteiger partial charge in [-0.25, -0.2) is 0 Å². The summed E-state index contributed by atoms with van der Waals surface area (Å²) >= 11 is 1.45. The lowest BCUT2D eigenvalue weighted by atomic mass is 9.99. The summed E-state index contributed by atoms with van der Waals surface area (Å²) in [5, 5.41) is 0.289. The average Bonchev–Trinajstić information content (AvgIpc) is 1.78. The highest BCUT2D eigenvalue weighted by molar-refractivity contribution is 8.13. The molecule has 0 aliphatic heterocycles. The van der Waals surface area contributed by atoms with Gasteiger partial charge in [-0.2, -0.15) is 0 Å². The summed E-state index contributed by atoms with van der Waals surface area (Å²) in [5.74, 6) is 0.906. The second-order valence-electron chi connectivity index (χ2n) is 5.39. The Balaban J connectivity index is 3.90. The summed E-state index contributed by atoms with van der Waals surface area (Å²) in [6, 6.07) is 0. The van der Waals surface area contributed by atoms with Crippen molar-refractivity contribution in [2.24, 2.45) is 10.8 Å². The van der Waals surface area contributed by atoms with E-state index in [0.29, 0.717) is 0 Å². The summed E-state index contributed by atoms with van der Waals surface area (Å²) in [7, 11) is 0. The molecule has 0 amide bonds. The van der Waals surface area contributed by atoms with Gasteiger partial charge in [0, 0.05) is 11.2 Å². The first-order valence-electron chi connectivity index (χ1n) is 4.30. The third-order valence-corrected chi connectivity index (χ3v) is 3.13. The summed E-state index contributed by atoms with van der Waals surface area (Å²) in [5.41, 5.74) is 0.0431. The van der Waals surface area contributed by atoms with E-state index in [1.165, 1.54) is 11.8 Å². The molecule has 0 N–H and O–H groups in total. The first-order valence-corrected chi connectivity index (χ1v) is 5.29. The number of hydrogen-bond acceptors (Lipinski definition) is 2. The van der Waals surface area contributed by atoms with E-state index in [1.54, 1.807) is 0 Å². The quantitative estimate of drug-likeness (QED) is 0.628. The van der Waals surface area contributed by atoms with E-state index in [4.69, 9.17) is 0 Å². The minimum Gasteiger partial charge on any atom is -0.287 e. The minimum atomic E-state index is -0.198. The van der Waals surface area contributed by atoms with Crippen molar-refractivity contribution in [2.45, 2.75) is 41.5 Å². The lowest BCUT2D eigenvalue weighted by Crippen LogP contribution is -2.19. The Morgan fingerprint density at radius 2 is 1.50 bits per heavy atom. The molecule has 0 radical (unpaired) electrons. The SMILES string of the molecule is CC(C)(C)CSC(=O)C(C)(C)C. The Hall–Kier alpha value is 0.0200. The molecule has 0 atom stereocenters. The standard InChI is InChI=1S/C10H20OS/c1-9(2,3)7-12-8(11)10(4,5)6/h7H2,1-6H3. The molecule has 0 aromatic rings. The van der Waals surface area contributed by atoms with Gasteiger partial charge in [-0.05, 0) is 5.41 Å². The highest BCUT2D eigenvalue weighted by Gasteiger charge is 2.23. The molecule has 0 aromatic heterocycles. The van der Waals surface area contributed by atoms with Crippen molar-refractivity contribution < 1.29 is 4.79 Å². The molecule has 0 heterocycles. The van der Waals surface area contributed by atoms with E-state index in [1.807, 2.05) is 20.8 Å².